The zero-order chi connectivity index (χ0) is 25.5. The highest BCUT2D eigenvalue weighted by Crippen LogP contribution is 2.32. The Morgan fingerprint density at radius 2 is 1.82 bits per heavy atom. The Balaban J connectivity index is 2.47. The number of alkyl halides is 6. The Labute approximate surface area is 187 Å². The monoisotopic (exact) mass is 525 g/mol. The lowest BCUT2D eigenvalue weighted by Gasteiger charge is -2.17. The summed E-state index contributed by atoms with van der Waals surface area (Å²) in [5.74, 6) is -2.76. The Morgan fingerprint density at radius 1 is 1.24 bits per heavy atom. The van der Waals surface area contributed by atoms with Gasteiger partial charge in [-0.2, -0.15) is 35.7 Å². The minimum Gasteiger partial charge on any atom is -0.382 e. The van der Waals surface area contributed by atoms with Crippen LogP contribution in [0.5, 0.6) is 0 Å². The summed E-state index contributed by atoms with van der Waals surface area (Å²) in [5, 5.41) is 4.84. The van der Waals surface area contributed by atoms with Gasteiger partial charge in [-0.25, -0.2) is 17.5 Å². The van der Waals surface area contributed by atoms with Crippen molar-refractivity contribution >= 4 is 33.3 Å². The van der Waals surface area contributed by atoms with Crippen LogP contribution in [0.3, 0.4) is 0 Å². The van der Waals surface area contributed by atoms with E-state index in [2.05, 4.69) is 5.10 Å². The first-order valence-electron chi connectivity index (χ1n) is 8.57. The van der Waals surface area contributed by atoms with E-state index in [4.69, 9.17) is 17.3 Å². The summed E-state index contributed by atoms with van der Waals surface area (Å²) in [4.78, 5) is 12.1. The van der Waals surface area contributed by atoms with E-state index < -0.39 is 68.7 Å². The first kappa shape index (κ1) is 26.7. The van der Waals surface area contributed by atoms with E-state index in [1.54, 1.807) is 5.32 Å². The number of anilines is 1. The lowest BCUT2D eigenvalue weighted by Crippen LogP contribution is -2.37. The van der Waals surface area contributed by atoms with Crippen molar-refractivity contribution in [2.75, 3.05) is 19.3 Å². The van der Waals surface area contributed by atoms with E-state index in [9.17, 15) is 43.9 Å². The quantitative estimate of drug-likeness (QED) is 0.563. The summed E-state index contributed by atoms with van der Waals surface area (Å²) in [5.41, 5.74) is -1.35. The summed E-state index contributed by atoms with van der Waals surface area (Å²) in [6.07, 6.45) is -4.70. The SMILES string of the molecule is Cc1cc(F)c(-n2nc(CN(C)S(=O)(=O)C(F)(F)F)c(Cl)c2N)cc1C(=O)NCC(F)(F)F. The fourth-order valence-electron chi connectivity index (χ4n) is 2.56. The van der Waals surface area contributed by atoms with Crippen LogP contribution in [0.2, 0.25) is 5.02 Å². The van der Waals surface area contributed by atoms with Gasteiger partial charge in [0, 0.05) is 12.6 Å². The Bertz CT molecular complexity index is 1180. The predicted molar refractivity (Wildman–Crippen MR) is 103 cm³/mol. The average molecular weight is 526 g/mol. The van der Waals surface area contributed by atoms with E-state index in [0.29, 0.717) is 11.7 Å². The molecule has 1 amide bonds. The van der Waals surface area contributed by atoms with Crippen LogP contribution in [0, 0.1) is 12.7 Å². The zero-order valence-electron chi connectivity index (χ0n) is 16.6. The smallest absolute Gasteiger partial charge is 0.382 e. The number of benzene rings is 1. The molecular formula is C16H15ClF7N5O3S. The second-order valence-corrected chi connectivity index (χ2v) is 9.10. The molecule has 0 aliphatic rings. The number of aromatic nitrogens is 2. The molecule has 17 heteroatoms. The van der Waals surface area contributed by atoms with Gasteiger partial charge in [-0.3, -0.25) is 4.79 Å². The second-order valence-electron chi connectivity index (χ2n) is 6.68. The number of hydrogen-bond donors (Lipinski definition) is 2. The number of nitrogens with two attached hydrogens (primary N) is 1. The van der Waals surface area contributed by atoms with Gasteiger partial charge >= 0.3 is 21.7 Å². The van der Waals surface area contributed by atoms with Crippen molar-refractivity contribution in [2.45, 2.75) is 25.2 Å². The normalized spacial score (nSPS) is 12.9. The minimum atomic E-state index is -5.74. The molecule has 0 atom stereocenters. The summed E-state index contributed by atoms with van der Waals surface area (Å²) in [6.45, 7) is -1.40. The van der Waals surface area contributed by atoms with Gasteiger partial charge in [-0.1, -0.05) is 11.6 Å². The molecule has 1 aromatic heterocycles. The molecule has 8 nitrogen and oxygen atoms in total. The maximum Gasteiger partial charge on any atom is 0.511 e. The van der Waals surface area contributed by atoms with Crippen molar-refractivity contribution in [3.8, 4) is 5.69 Å². The van der Waals surface area contributed by atoms with Gasteiger partial charge in [-0.05, 0) is 24.6 Å². The predicted octanol–water partition coefficient (Wildman–Crippen LogP) is 3.13. The highest BCUT2D eigenvalue weighted by molar-refractivity contribution is 7.89. The molecule has 0 spiro atoms. The standard InChI is InChI=1S/C16H15ClF7N5O3S/c1-7-3-9(18)11(4-8(7)14(30)26-6-15(19,20)21)29-13(25)12(17)10(27-29)5-28(2)33(31,32)16(22,23)24/h3-4H,5-6,25H2,1-2H3,(H,26,30). The average Bonchev–Trinajstić information content (AvgIpc) is 2.93. The van der Waals surface area contributed by atoms with Crippen molar-refractivity contribution < 1.29 is 43.9 Å². The van der Waals surface area contributed by atoms with E-state index in [-0.39, 0.29) is 15.4 Å². The van der Waals surface area contributed by atoms with Gasteiger partial charge in [0.1, 0.15) is 28.9 Å². The van der Waals surface area contributed by atoms with Crippen molar-refractivity contribution in [3.63, 3.8) is 0 Å². The summed E-state index contributed by atoms with van der Waals surface area (Å²) in [7, 11) is -5.14. The lowest BCUT2D eigenvalue weighted by atomic mass is 10.1. The fourth-order valence-corrected chi connectivity index (χ4v) is 3.38. The van der Waals surface area contributed by atoms with Crippen LogP contribution in [0.25, 0.3) is 5.69 Å². The van der Waals surface area contributed by atoms with E-state index in [1.807, 2.05) is 0 Å². The molecule has 0 radical (unpaired) electrons. The molecule has 0 aliphatic carbocycles. The fraction of sp³-hybridized carbons (Fsp3) is 0.375. The van der Waals surface area contributed by atoms with Crippen LogP contribution in [-0.2, 0) is 16.6 Å². The Kier molecular flexibility index (Phi) is 7.26. The van der Waals surface area contributed by atoms with Crippen LogP contribution in [0.4, 0.5) is 36.6 Å². The molecule has 0 saturated heterocycles. The molecule has 1 heterocycles. The van der Waals surface area contributed by atoms with E-state index in [1.165, 1.54) is 6.92 Å². The van der Waals surface area contributed by atoms with E-state index >= 15 is 0 Å². The maximum atomic E-state index is 14.6. The molecule has 2 rings (SSSR count). The molecule has 1 aromatic carbocycles. The molecule has 184 valence electrons. The first-order chi connectivity index (χ1) is 14.9. The van der Waals surface area contributed by atoms with Gasteiger partial charge < -0.3 is 11.1 Å². The highest BCUT2D eigenvalue weighted by atomic mass is 35.5. The third kappa shape index (κ3) is 5.67. The van der Waals surface area contributed by atoms with Crippen molar-refractivity contribution in [1.29, 1.82) is 0 Å². The maximum absolute atomic E-state index is 14.6. The van der Waals surface area contributed by atoms with Crippen LogP contribution in [0.15, 0.2) is 12.1 Å². The number of hydrogen-bond acceptors (Lipinski definition) is 5. The third-order valence-corrected chi connectivity index (χ3v) is 6.16. The molecule has 3 N–H and O–H groups in total. The van der Waals surface area contributed by atoms with Crippen LogP contribution >= 0.6 is 11.6 Å². The third-order valence-electron chi connectivity index (χ3n) is 4.22. The van der Waals surface area contributed by atoms with Gasteiger partial charge in [-0.15, -0.1) is 0 Å². The molecule has 0 unspecified atom stereocenters. The van der Waals surface area contributed by atoms with Gasteiger partial charge in [0.2, 0.25) is 0 Å². The number of amides is 1. The van der Waals surface area contributed by atoms with Gasteiger partial charge in [0.25, 0.3) is 5.91 Å². The lowest BCUT2D eigenvalue weighted by molar-refractivity contribution is -0.123. The van der Waals surface area contributed by atoms with Crippen molar-refractivity contribution in [3.05, 3.63) is 39.8 Å². The number of nitrogen functional groups attached to an aromatic ring is 1. The van der Waals surface area contributed by atoms with Gasteiger partial charge in [0.15, 0.2) is 0 Å². The minimum absolute atomic E-state index is 0.0380. The molecule has 33 heavy (non-hydrogen) atoms. The number of carbonyl (C=O) groups is 1. The molecule has 0 bridgehead atoms. The number of nitrogens with one attached hydrogen (secondary N) is 1. The van der Waals surface area contributed by atoms with Crippen LogP contribution in [-0.4, -0.2) is 53.7 Å². The number of aryl methyl sites for hydroxylation is 1. The number of nitrogens with zero attached hydrogens (tertiary/aromatic N) is 3. The van der Waals surface area contributed by atoms with Crippen LogP contribution in [0.1, 0.15) is 21.6 Å². The summed E-state index contributed by atoms with van der Waals surface area (Å²) < 4.78 is 113. The summed E-state index contributed by atoms with van der Waals surface area (Å²) >= 11 is 5.92. The van der Waals surface area contributed by atoms with Gasteiger partial charge in [0.05, 0.1) is 12.2 Å². The molecule has 2 aromatic rings. The Hall–Kier alpha value is -2.59. The second kappa shape index (κ2) is 8.98. The van der Waals surface area contributed by atoms with E-state index in [0.717, 1.165) is 12.1 Å². The molecule has 0 saturated carbocycles. The first-order valence-corrected chi connectivity index (χ1v) is 10.4. The molecule has 0 fully saturated rings. The zero-order valence-corrected chi connectivity index (χ0v) is 18.2. The molecule has 0 aliphatic heterocycles. The molecular weight excluding hydrogens is 511 g/mol. The number of carbonyl (C=O) groups excluding carboxylic acids is 1. The topological polar surface area (TPSA) is 110 Å². The number of sulfonamides is 1. The van der Waals surface area contributed by atoms with Crippen LogP contribution < -0.4 is 11.1 Å². The van der Waals surface area contributed by atoms with Crippen molar-refractivity contribution in [2.24, 2.45) is 0 Å². The number of halogens is 8. The highest BCUT2D eigenvalue weighted by Gasteiger charge is 2.49. The summed E-state index contributed by atoms with van der Waals surface area (Å²) in [6, 6.07) is 1.61. The largest absolute Gasteiger partial charge is 0.511 e. The number of rotatable bonds is 6. The van der Waals surface area contributed by atoms with Crippen molar-refractivity contribution in [1.82, 2.24) is 19.4 Å². The Morgan fingerprint density at radius 3 is 2.33 bits per heavy atom.